The van der Waals surface area contributed by atoms with Gasteiger partial charge in [0.15, 0.2) is 0 Å². The fourth-order valence-electron chi connectivity index (χ4n) is 1.25. The molecule has 0 aromatic carbocycles. The second-order valence-corrected chi connectivity index (χ2v) is 5.55. The highest BCUT2D eigenvalue weighted by atomic mass is 16.6. The van der Waals surface area contributed by atoms with Gasteiger partial charge in [0.05, 0.1) is 0 Å². The highest BCUT2D eigenvalue weighted by molar-refractivity contribution is 5.90. The Bertz CT molecular complexity index is 656. The number of carbonyl (C=O) groups excluding carboxylic acids is 3. The standard InChI is InChI=1S/C8H14N2O5.C7H10N2O3/c1-4(9)7(13)15-8(14)5(10)2-3-6(11)12;1-4-3-6(9-12-4)11-7(10)5(2)8/h4-5H,2-3,9-10H2,1H3,(H,11,12);3,5H,8H2,1-2H3/t4?,5-;/m0./s1. The summed E-state index contributed by atoms with van der Waals surface area (Å²) in [6, 6.07) is -1.17. The van der Waals surface area contributed by atoms with Crippen LogP contribution in [-0.2, 0) is 23.9 Å². The number of aryl methyl sites for hydroxylation is 1. The molecule has 12 heteroatoms. The van der Waals surface area contributed by atoms with Crippen molar-refractivity contribution in [2.24, 2.45) is 17.2 Å². The minimum Gasteiger partial charge on any atom is -0.481 e. The third-order valence-electron chi connectivity index (χ3n) is 2.73. The van der Waals surface area contributed by atoms with Gasteiger partial charge in [-0.05, 0) is 32.3 Å². The minimum atomic E-state index is -1.12. The summed E-state index contributed by atoms with van der Waals surface area (Å²) < 4.78 is 13.7. The zero-order valence-corrected chi connectivity index (χ0v) is 15.2. The smallest absolute Gasteiger partial charge is 0.330 e. The summed E-state index contributed by atoms with van der Waals surface area (Å²) >= 11 is 0. The molecule has 0 spiro atoms. The molecular formula is C15H24N4O8. The summed E-state index contributed by atoms with van der Waals surface area (Å²) in [5.41, 5.74) is 15.7. The number of carboxylic acid groups (broad SMARTS) is 1. The summed E-state index contributed by atoms with van der Waals surface area (Å²) in [6.45, 7) is 4.60. The van der Waals surface area contributed by atoms with E-state index in [2.05, 4.69) is 14.4 Å². The van der Waals surface area contributed by atoms with Crippen LogP contribution in [0.1, 0.15) is 32.4 Å². The predicted molar refractivity (Wildman–Crippen MR) is 90.1 cm³/mol. The van der Waals surface area contributed by atoms with Crippen LogP contribution in [-0.4, -0.2) is 52.3 Å². The number of ether oxygens (including phenoxy) is 2. The number of nitrogens with zero attached hydrogens (tertiary/aromatic N) is 1. The number of hydrogen-bond donors (Lipinski definition) is 4. The molecule has 0 fully saturated rings. The molecule has 27 heavy (non-hydrogen) atoms. The van der Waals surface area contributed by atoms with Crippen LogP contribution in [0.5, 0.6) is 5.88 Å². The first-order valence-electron chi connectivity index (χ1n) is 7.83. The maximum Gasteiger partial charge on any atom is 0.330 e. The fourth-order valence-corrected chi connectivity index (χ4v) is 1.25. The Labute approximate surface area is 154 Å². The van der Waals surface area contributed by atoms with Crippen LogP contribution >= 0.6 is 0 Å². The van der Waals surface area contributed by atoms with Crippen LogP contribution in [0.3, 0.4) is 0 Å². The van der Waals surface area contributed by atoms with E-state index in [4.69, 9.17) is 27.0 Å². The second-order valence-electron chi connectivity index (χ2n) is 5.55. The molecule has 1 rings (SSSR count). The van der Waals surface area contributed by atoms with Crippen molar-refractivity contribution >= 4 is 23.9 Å². The number of rotatable bonds is 7. The van der Waals surface area contributed by atoms with E-state index in [1.807, 2.05) is 0 Å². The minimum absolute atomic E-state index is 0.0829. The van der Waals surface area contributed by atoms with Gasteiger partial charge in [0.2, 0.25) is 0 Å². The van der Waals surface area contributed by atoms with Crippen LogP contribution < -0.4 is 21.9 Å². The number of nitrogens with two attached hydrogens (primary N) is 3. The summed E-state index contributed by atoms with van der Waals surface area (Å²) in [6.07, 6.45) is -0.344. The zero-order chi connectivity index (χ0) is 21.1. The Morgan fingerprint density at radius 3 is 2.07 bits per heavy atom. The van der Waals surface area contributed by atoms with Gasteiger partial charge in [-0.1, -0.05) is 0 Å². The molecule has 0 aliphatic rings. The van der Waals surface area contributed by atoms with Crippen LogP contribution in [0.4, 0.5) is 0 Å². The third-order valence-corrected chi connectivity index (χ3v) is 2.73. The third kappa shape index (κ3) is 10.7. The molecule has 0 amide bonds. The van der Waals surface area contributed by atoms with E-state index in [1.165, 1.54) is 19.9 Å². The van der Waals surface area contributed by atoms with Crippen LogP contribution in [0.15, 0.2) is 10.6 Å². The van der Waals surface area contributed by atoms with Gasteiger partial charge in [0.25, 0.3) is 5.88 Å². The zero-order valence-electron chi connectivity index (χ0n) is 15.2. The highest BCUT2D eigenvalue weighted by Crippen LogP contribution is 2.10. The molecule has 2 unspecified atom stereocenters. The number of aromatic nitrogens is 1. The summed E-state index contributed by atoms with van der Waals surface area (Å²) in [7, 11) is 0. The van der Waals surface area contributed by atoms with Crippen molar-refractivity contribution in [2.75, 3.05) is 0 Å². The first-order chi connectivity index (χ1) is 12.4. The Hall–Kier alpha value is -2.83. The van der Waals surface area contributed by atoms with Crippen molar-refractivity contribution in [3.63, 3.8) is 0 Å². The Kier molecular flexibility index (Phi) is 10.5. The lowest BCUT2D eigenvalue weighted by Crippen LogP contribution is -2.38. The molecular weight excluding hydrogens is 364 g/mol. The van der Waals surface area contributed by atoms with E-state index in [1.54, 1.807) is 6.92 Å². The number of carboxylic acids is 1. The van der Waals surface area contributed by atoms with Gasteiger partial charge in [-0.2, -0.15) is 0 Å². The fraction of sp³-hybridized carbons (Fsp3) is 0.533. The molecule has 0 aliphatic heterocycles. The lowest BCUT2D eigenvalue weighted by Gasteiger charge is -2.10. The lowest BCUT2D eigenvalue weighted by molar-refractivity contribution is -0.161. The summed E-state index contributed by atoms with van der Waals surface area (Å²) in [5, 5.41) is 11.8. The van der Waals surface area contributed by atoms with E-state index in [9.17, 15) is 19.2 Å². The molecule has 0 saturated heterocycles. The molecule has 0 aliphatic carbocycles. The van der Waals surface area contributed by atoms with Gasteiger partial charge in [-0.3, -0.25) is 4.79 Å². The predicted octanol–water partition coefficient (Wildman–Crippen LogP) is -1.17. The SMILES string of the molecule is CC(N)C(=O)OC(=O)[C@@H](N)CCC(=O)O.Cc1cc(OC(=O)C(C)N)no1. The maximum absolute atomic E-state index is 11.1. The quantitative estimate of drug-likeness (QED) is 0.321. The van der Waals surface area contributed by atoms with E-state index >= 15 is 0 Å². The van der Waals surface area contributed by atoms with Crippen molar-refractivity contribution in [1.82, 2.24) is 5.16 Å². The van der Waals surface area contributed by atoms with Crippen LogP contribution in [0, 0.1) is 6.92 Å². The first kappa shape index (κ1) is 24.2. The molecule has 0 bridgehead atoms. The number of hydrogen-bond acceptors (Lipinski definition) is 11. The molecule has 1 aromatic rings. The van der Waals surface area contributed by atoms with Gasteiger partial charge in [0, 0.05) is 12.5 Å². The molecule has 0 saturated carbocycles. The lowest BCUT2D eigenvalue weighted by atomic mass is 10.2. The first-order valence-corrected chi connectivity index (χ1v) is 7.83. The van der Waals surface area contributed by atoms with Gasteiger partial charge in [-0.15, -0.1) is 0 Å². The van der Waals surface area contributed by atoms with Gasteiger partial charge < -0.3 is 36.3 Å². The molecule has 1 aromatic heterocycles. The Morgan fingerprint density at radius 1 is 1.11 bits per heavy atom. The largest absolute Gasteiger partial charge is 0.481 e. The number of aliphatic carboxylic acids is 1. The van der Waals surface area contributed by atoms with Crippen LogP contribution in [0.25, 0.3) is 0 Å². The average Bonchev–Trinajstić information content (AvgIpc) is 2.97. The van der Waals surface area contributed by atoms with Crippen molar-refractivity contribution in [3.05, 3.63) is 11.8 Å². The molecule has 3 atom stereocenters. The summed E-state index contributed by atoms with van der Waals surface area (Å²) in [5.74, 6) is -2.71. The van der Waals surface area contributed by atoms with Crippen LogP contribution in [0.2, 0.25) is 0 Å². The maximum atomic E-state index is 11.1. The number of esters is 3. The second kappa shape index (κ2) is 11.7. The summed E-state index contributed by atoms with van der Waals surface area (Å²) in [4.78, 5) is 43.0. The van der Waals surface area contributed by atoms with Gasteiger partial charge >= 0.3 is 23.9 Å². The molecule has 12 nitrogen and oxygen atoms in total. The van der Waals surface area contributed by atoms with Crippen molar-refractivity contribution in [2.45, 2.75) is 51.7 Å². The van der Waals surface area contributed by atoms with E-state index < -0.39 is 42.0 Å². The highest BCUT2D eigenvalue weighted by Gasteiger charge is 2.21. The van der Waals surface area contributed by atoms with Crippen molar-refractivity contribution in [3.8, 4) is 5.88 Å². The molecule has 7 N–H and O–H groups in total. The average molecular weight is 388 g/mol. The van der Waals surface area contributed by atoms with Crippen molar-refractivity contribution < 1.29 is 38.3 Å². The normalized spacial score (nSPS) is 13.4. The molecule has 1 heterocycles. The topological polar surface area (TPSA) is 211 Å². The van der Waals surface area contributed by atoms with Gasteiger partial charge in [-0.25, -0.2) is 14.4 Å². The van der Waals surface area contributed by atoms with Gasteiger partial charge in [0.1, 0.15) is 23.9 Å². The van der Waals surface area contributed by atoms with Crippen molar-refractivity contribution in [1.29, 1.82) is 0 Å². The van der Waals surface area contributed by atoms with E-state index in [0.717, 1.165) is 0 Å². The Balaban J connectivity index is 0.000000511. The monoisotopic (exact) mass is 388 g/mol. The van der Waals surface area contributed by atoms with E-state index in [0.29, 0.717) is 5.76 Å². The van der Waals surface area contributed by atoms with E-state index in [-0.39, 0.29) is 18.7 Å². The molecule has 0 radical (unpaired) electrons. The Morgan fingerprint density at radius 2 is 1.67 bits per heavy atom. The molecule has 152 valence electrons. The number of carbonyl (C=O) groups is 4.